The third-order valence-electron chi connectivity index (χ3n) is 0.932. The van der Waals surface area contributed by atoms with E-state index in [4.69, 9.17) is 10.2 Å². The average Bonchev–Trinajstić information content (AvgIpc) is 2.39. The van der Waals surface area contributed by atoms with Gasteiger partial charge in [-0.1, -0.05) is 0 Å². The van der Waals surface area contributed by atoms with Gasteiger partial charge in [0.05, 0.1) is 18.7 Å². The lowest BCUT2D eigenvalue weighted by atomic mass is 10.4. The topological polar surface area (TPSA) is 80.6 Å². The van der Waals surface area contributed by atoms with Crippen LogP contribution in [0.25, 0.3) is 0 Å². The number of nitrogens with one attached hydrogen (secondary N) is 1. The first kappa shape index (κ1) is 7.33. The number of rotatable bonds is 2. The second-order valence-electron chi connectivity index (χ2n) is 1.79. The van der Waals surface area contributed by atoms with E-state index in [1.54, 1.807) is 6.07 Å². The Balaban J connectivity index is 2.43. The lowest BCUT2D eigenvalue weighted by Crippen LogP contribution is -2.24. The minimum atomic E-state index is -0.690. The van der Waals surface area contributed by atoms with Crippen LogP contribution >= 0.6 is 0 Å². The van der Waals surface area contributed by atoms with E-state index in [0.29, 0.717) is 0 Å². The minimum absolute atomic E-state index is 0.690. The molecule has 0 bridgehead atoms. The molecule has 1 aromatic rings. The van der Waals surface area contributed by atoms with Crippen LogP contribution in [0.4, 0.5) is 4.79 Å². The summed E-state index contributed by atoms with van der Waals surface area (Å²) in [7, 11) is 0. The molecule has 0 aliphatic heterocycles. The van der Waals surface area contributed by atoms with E-state index in [2.05, 4.69) is 10.5 Å². The molecule has 0 spiro atoms. The number of nitrogens with two attached hydrogens (primary N) is 1. The Morgan fingerprint density at radius 3 is 3.18 bits per heavy atom. The van der Waals surface area contributed by atoms with Crippen molar-refractivity contribution in [2.24, 2.45) is 10.8 Å². The quantitative estimate of drug-likeness (QED) is 0.472. The molecule has 0 aliphatic carbocycles. The van der Waals surface area contributed by atoms with Gasteiger partial charge in [-0.2, -0.15) is 5.10 Å². The van der Waals surface area contributed by atoms with Crippen molar-refractivity contribution in [3.63, 3.8) is 0 Å². The Morgan fingerprint density at radius 1 is 1.82 bits per heavy atom. The van der Waals surface area contributed by atoms with E-state index in [-0.39, 0.29) is 0 Å². The highest BCUT2D eigenvalue weighted by Crippen LogP contribution is 1.93. The van der Waals surface area contributed by atoms with E-state index < -0.39 is 6.03 Å². The van der Waals surface area contributed by atoms with Crippen molar-refractivity contribution in [3.8, 4) is 0 Å². The summed E-state index contributed by atoms with van der Waals surface area (Å²) in [5.74, 6) is 0. The number of hydrogen-bond donors (Lipinski definition) is 2. The summed E-state index contributed by atoms with van der Waals surface area (Å²) in [6, 6.07) is 1.01. The molecule has 1 aromatic heterocycles. The zero-order valence-corrected chi connectivity index (χ0v) is 5.65. The smallest absolute Gasteiger partial charge is 0.332 e. The molecule has 0 radical (unpaired) electrons. The Kier molecular flexibility index (Phi) is 2.27. The summed E-state index contributed by atoms with van der Waals surface area (Å²) in [6.45, 7) is 0. The standard InChI is InChI=1S/C6H7N3O2/c7-6(10)9-8-3-5-1-2-11-4-5/h1-4H,(H3,7,9,10)/b8-3+. The van der Waals surface area contributed by atoms with Crippen LogP contribution in [-0.2, 0) is 0 Å². The minimum Gasteiger partial charge on any atom is -0.472 e. The summed E-state index contributed by atoms with van der Waals surface area (Å²) in [5, 5.41) is 3.50. The van der Waals surface area contributed by atoms with E-state index in [0.717, 1.165) is 5.56 Å². The highest BCUT2D eigenvalue weighted by molar-refractivity contribution is 5.80. The first-order chi connectivity index (χ1) is 5.29. The van der Waals surface area contributed by atoms with Gasteiger partial charge in [-0.15, -0.1) is 0 Å². The Bertz CT molecular complexity index is 253. The molecule has 5 heteroatoms. The molecule has 1 heterocycles. The molecule has 58 valence electrons. The van der Waals surface area contributed by atoms with Gasteiger partial charge in [0.25, 0.3) is 0 Å². The number of furan rings is 1. The SMILES string of the molecule is NC(=O)N/N=C/c1ccoc1. The van der Waals surface area contributed by atoms with Crippen molar-refractivity contribution >= 4 is 12.2 Å². The molecule has 0 saturated heterocycles. The fourth-order valence-electron chi connectivity index (χ4n) is 0.519. The second kappa shape index (κ2) is 3.40. The summed E-state index contributed by atoms with van der Waals surface area (Å²) < 4.78 is 4.74. The molecule has 3 N–H and O–H groups in total. The number of hydrogen-bond acceptors (Lipinski definition) is 3. The van der Waals surface area contributed by atoms with E-state index in [9.17, 15) is 4.79 Å². The number of primary amides is 1. The fraction of sp³-hybridized carbons (Fsp3) is 0. The summed E-state index contributed by atoms with van der Waals surface area (Å²) >= 11 is 0. The Labute approximate surface area is 62.9 Å². The predicted octanol–water partition coefficient (Wildman–Crippen LogP) is 0.282. The van der Waals surface area contributed by atoms with Gasteiger partial charge in [0.1, 0.15) is 0 Å². The van der Waals surface area contributed by atoms with Crippen molar-refractivity contribution in [1.82, 2.24) is 5.43 Å². The molecule has 1 rings (SSSR count). The molecule has 2 amide bonds. The van der Waals surface area contributed by atoms with Crippen LogP contribution in [0.15, 0.2) is 28.1 Å². The fourth-order valence-corrected chi connectivity index (χ4v) is 0.519. The largest absolute Gasteiger partial charge is 0.472 e. The number of carbonyl (C=O) groups is 1. The van der Waals surface area contributed by atoms with Gasteiger partial charge in [-0.05, 0) is 6.07 Å². The zero-order chi connectivity index (χ0) is 8.10. The van der Waals surface area contributed by atoms with Gasteiger partial charge in [0.15, 0.2) is 0 Å². The lowest BCUT2D eigenvalue weighted by Gasteiger charge is -1.87. The summed E-state index contributed by atoms with van der Waals surface area (Å²) in [6.07, 6.45) is 4.42. The zero-order valence-electron chi connectivity index (χ0n) is 5.65. The van der Waals surface area contributed by atoms with Crippen LogP contribution in [0.3, 0.4) is 0 Å². The van der Waals surface area contributed by atoms with Crippen molar-refractivity contribution in [2.75, 3.05) is 0 Å². The second-order valence-corrected chi connectivity index (χ2v) is 1.79. The third kappa shape index (κ3) is 2.53. The number of amides is 2. The summed E-state index contributed by atoms with van der Waals surface area (Å²) in [4.78, 5) is 10.1. The van der Waals surface area contributed by atoms with Crippen LogP contribution in [0.1, 0.15) is 5.56 Å². The van der Waals surface area contributed by atoms with Gasteiger partial charge in [-0.25, -0.2) is 10.2 Å². The van der Waals surface area contributed by atoms with E-state index >= 15 is 0 Å². The monoisotopic (exact) mass is 153 g/mol. The van der Waals surface area contributed by atoms with Gasteiger partial charge in [0, 0.05) is 5.56 Å². The molecule has 0 atom stereocenters. The van der Waals surface area contributed by atoms with Crippen molar-refractivity contribution in [2.45, 2.75) is 0 Å². The van der Waals surface area contributed by atoms with Gasteiger partial charge >= 0.3 is 6.03 Å². The number of hydrazone groups is 1. The molecule has 11 heavy (non-hydrogen) atoms. The first-order valence-corrected chi connectivity index (χ1v) is 2.90. The first-order valence-electron chi connectivity index (χ1n) is 2.90. The molecule has 0 fully saturated rings. The van der Waals surface area contributed by atoms with Crippen LogP contribution in [0.2, 0.25) is 0 Å². The molecule has 0 aromatic carbocycles. The highest BCUT2D eigenvalue weighted by atomic mass is 16.3. The molecule has 5 nitrogen and oxygen atoms in total. The number of urea groups is 1. The highest BCUT2D eigenvalue weighted by Gasteiger charge is 1.87. The van der Waals surface area contributed by atoms with Gasteiger partial charge < -0.3 is 10.2 Å². The molecule has 0 aliphatic rings. The predicted molar refractivity (Wildman–Crippen MR) is 39.0 cm³/mol. The van der Waals surface area contributed by atoms with Crippen LogP contribution in [0, 0.1) is 0 Å². The lowest BCUT2D eigenvalue weighted by molar-refractivity contribution is 0.249. The number of carbonyl (C=O) groups excluding carboxylic acids is 1. The molecular formula is C6H7N3O2. The Morgan fingerprint density at radius 2 is 2.64 bits per heavy atom. The number of nitrogens with zero attached hydrogens (tertiary/aromatic N) is 1. The van der Waals surface area contributed by atoms with Crippen LogP contribution < -0.4 is 11.2 Å². The van der Waals surface area contributed by atoms with Gasteiger partial charge in [-0.3, -0.25) is 0 Å². The maximum atomic E-state index is 10.1. The molecule has 0 saturated carbocycles. The van der Waals surface area contributed by atoms with Crippen molar-refractivity contribution < 1.29 is 9.21 Å². The van der Waals surface area contributed by atoms with E-state index in [1.807, 2.05) is 0 Å². The van der Waals surface area contributed by atoms with Gasteiger partial charge in [0.2, 0.25) is 0 Å². The maximum absolute atomic E-state index is 10.1. The average molecular weight is 153 g/mol. The van der Waals surface area contributed by atoms with Crippen molar-refractivity contribution in [1.29, 1.82) is 0 Å². The summed E-state index contributed by atoms with van der Waals surface area (Å²) in [5.41, 5.74) is 7.56. The van der Waals surface area contributed by atoms with E-state index in [1.165, 1.54) is 18.7 Å². The molecule has 0 unspecified atom stereocenters. The maximum Gasteiger partial charge on any atom is 0.332 e. The van der Waals surface area contributed by atoms with Crippen LogP contribution in [0.5, 0.6) is 0 Å². The third-order valence-corrected chi connectivity index (χ3v) is 0.932. The van der Waals surface area contributed by atoms with Crippen LogP contribution in [-0.4, -0.2) is 12.2 Å². The van der Waals surface area contributed by atoms with Crippen molar-refractivity contribution in [3.05, 3.63) is 24.2 Å². The Hall–Kier alpha value is -1.78. The molecular weight excluding hydrogens is 146 g/mol. The normalized spacial score (nSPS) is 10.2.